The standard InChI is InChI=1S/C17H27NO3/c1-12(2)21-15-7-6-14(10-16(15)19-5)11-18-17(4)8-9-20-13(17)3/h6-7,10,12-13,18H,8-9,11H2,1-5H3. The van der Waals surface area contributed by atoms with E-state index in [0.29, 0.717) is 0 Å². The molecule has 1 N–H and O–H groups in total. The van der Waals surface area contributed by atoms with Crippen molar-refractivity contribution in [1.82, 2.24) is 5.32 Å². The summed E-state index contributed by atoms with van der Waals surface area (Å²) < 4.78 is 16.8. The van der Waals surface area contributed by atoms with E-state index in [1.807, 2.05) is 26.0 Å². The minimum absolute atomic E-state index is 0.0420. The average Bonchev–Trinajstić information content (AvgIpc) is 2.77. The molecule has 1 aliphatic heterocycles. The van der Waals surface area contributed by atoms with Gasteiger partial charge in [-0.15, -0.1) is 0 Å². The Labute approximate surface area is 127 Å². The lowest BCUT2D eigenvalue weighted by molar-refractivity contribution is 0.0881. The van der Waals surface area contributed by atoms with Crippen LogP contribution in [-0.4, -0.2) is 31.5 Å². The molecule has 4 heteroatoms. The minimum Gasteiger partial charge on any atom is -0.493 e. The van der Waals surface area contributed by atoms with Gasteiger partial charge in [-0.25, -0.2) is 0 Å². The lowest BCUT2D eigenvalue weighted by Crippen LogP contribution is -2.47. The van der Waals surface area contributed by atoms with Gasteiger partial charge in [0.25, 0.3) is 0 Å². The smallest absolute Gasteiger partial charge is 0.161 e. The van der Waals surface area contributed by atoms with Crippen molar-refractivity contribution in [3.05, 3.63) is 23.8 Å². The van der Waals surface area contributed by atoms with E-state index in [2.05, 4.69) is 25.2 Å². The Morgan fingerprint density at radius 1 is 1.38 bits per heavy atom. The fourth-order valence-corrected chi connectivity index (χ4v) is 2.54. The Bertz CT molecular complexity index is 475. The minimum atomic E-state index is 0.0420. The molecule has 0 spiro atoms. The van der Waals surface area contributed by atoms with E-state index in [-0.39, 0.29) is 17.7 Å². The fraction of sp³-hybridized carbons (Fsp3) is 0.647. The Morgan fingerprint density at radius 2 is 2.14 bits per heavy atom. The number of nitrogens with one attached hydrogen (secondary N) is 1. The van der Waals surface area contributed by atoms with Gasteiger partial charge in [0.15, 0.2) is 11.5 Å². The van der Waals surface area contributed by atoms with Crippen LogP contribution < -0.4 is 14.8 Å². The maximum absolute atomic E-state index is 5.74. The summed E-state index contributed by atoms with van der Waals surface area (Å²) in [4.78, 5) is 0. The van der Waals surface area contributed by atoms with Crippen molar-refractivity contribution < 1.29 is 14.2 Å². The van der Waals surface area contributed by atoms with E-state index in [1.165, 1.54) is 5.56 Å². The van der Waals surface area contributed by atoms with Gasteiger partial charge in [-0.3, -0.25) is 0 Å². The van der Waals surface area contributed by atoms with Gasteiger partial charge in [0.1, 0.15) is 0 Å². The lowest BCUT2D eigenvalue weighted by Gasteiger charge is -2.29. The van der Waals surface area contributed by atoms with E-state index in [9.17, 15) is 0 Å². The zero-order valence-corrected chi connectivity index (χ0v) is 13.7. The summed E-state index contributed by atoms with van der Waals surface area (Å²) in [6.07, 6.45) is 1.42. The molecular weight excluding hydrogens is 266 g/mol. The molecular formula is C17H27NO3. The van der Waals surface area contributed by atoms with Crippen LogP contribution in [0.1, 0.15) is 39.7 Å². The fourth-order valence-electron chi connectivity index (χ4n) is 2.54. The number of hydrogen-bond donors (Lipinski definition) is 1. The zero-order chi connectivity index (χ0) is 15.5. The molecule has 0 amide bonds. The van der Waals surface area contributed by atoms with Crippen molar-refractivity contribution in [3.8, 4) is 11.5 Å². The third kappa shape index (κ3) is 3.89. The van der Waals surface area contributed by atoms with E-state index in [0.717, 1.165) is 31.1 Å². The molecule has 4 nitrogen and oxygen atoms in total. The molecule has 0 aromatic heterocycles. The number of ether oxygens (including phenoxy) is 3. The molecule has 0 radical (unpaired) electrons. The largest absolute Gasteiger partial charge is 0.493 e. The van der Waals surface area contributed by atoms with Crippen molar-refractivity contribution in [3.63, 3.8) is 0 Å². The molecule has 1 aromatic rings. The zero-order valence-electron chi connectivity index (χ0n) is 13.7. The molecule has 1 aliphatic rings. The molecule has 0 aliphatic carbocycles. The van der Waals surface area contributed by atoms with Crippen LogP contribution in [0.3, 0.4) is 0 Å². The first kappa shape index (κ1) is 16.1. The third-order valence-corrected chi connectivity index (χ3v) is 4.17. The third-order valence-electron chi connectivity index (χ3n) is 4.17. The first-order valence-electron chi connectivity index (χ1n) is 7.65. The van der Waals surface area contributed by atoms with Crippen LogP contribution in [0.15, 0.2) is 18.2 Å². The normalized spacial score (nSPS) is 25.3. The van der Waals surface area contributed by atoms with Gasteiger partial charge in [-0.2, -0.15) is 0 Å². The number of methoxy groups -OCH3 is 1. The van der Waals surface area contributed by atoms with Gasteiger partial charge < -0.3 is 19.5 Å². The molecule has 1 aromatic carbocycles. The van der Waals surface area contributed by atoms with Crippen LogP contribution in [0.2, 0.25) is 0 Å². The highest BCUT2D eigenvalue weighted by Gasteiger charge is 2.36. The van der Waals surface area contributed by atoms with E-state index in [1.54, 1.807) is 7.11 Å². The molecule has 1 heterocycles. The Hall–Kier alpha value is -1.26. The van der Waals surface area contributed by atoms with Crippen LogP contribution >= 0.6 is 0 Å². The van der Waals surface area contributed by atoms with E-state index in [4.69, 9.17) is 14.2 Å². The van der Waals surface area contributed by atoms with Crippen LogP contribution in [-0.2, 0) is 11.3 Å². The van der Waals surface area contributed by atoms with Crippen molar-refractivity contribution >= 4 is 0 Å². The van der Waals surface area contributed by atoms with Crippen LogP contribution in [0, 0.1) is 0 Å². The second kappa shape index (κ2) is 6.67. The second-order valence-electron chi connectivity index (χ2n) is 6.19. The molecule has 1 saturated heterocycles. The molecule has 118 valence electrons. The summed E-state index contributed by atoms with van der Waals surface area (Å²) in [5, 5.41) is 3.61. The van der Waals surface area contributed by atoms with Crippen molar-refractivity contribution in [1.29, 1.82) is 0 Å². The molecule has 0 saturated carbocycles. The van der Waals surface area contributed by atoms with Crippen molar-refractivity contribution in [2.45, 2.75) is 58.4 Å². The van der Waals surface area contributed by atoms with Crippen molar-refractivity contribution in [2.24, 2.45) is 0 Å². The molecule has 21 heavy (non-hydrogen) atoms. The summed E-state index contributed by atoms with van der Waals surface area (Å²) in [5.41, 5.74) is 1.23. The van der Waals surface area contributed by atoms with Crippen LogP contribution in [0.4, 0.5) is 0 Å². The second-order valence-corrected chi connectivity index (χ2v) is 6.19. The molecule has 1 fully saturated rings. The SMILES string of the molecule is COc1cc(CNC2(C)CCOC2C)ccc1OC(C)C. The van der Waals surface area contributed by atoms with Crippen molar-refractivity contribution in [2.75, 3.05) is 13.7 Å². The summed E-state index contributed by atoms with van der Waals surface area (Å²) >= 11 is 0. The van der Waals surface area contributed by atoms with Gasteiger partial charge in [0.2, 0.25) is 0 Å². The predicted molar refractivity (Wildman–Crippen MR) is 84.0 cm³/mol. The first-order valence-corrected chi connectivity index (χ1v) is 7.65. The molecule has 2 rings (SSSR count). The maximum Gasteiger partial charge on any atom is 0.161 e. The van der Waals surface area contributed by atoms with Gasteiger partial charge in [0, 0.05) is 18.7 Å². The average molecular weight is 293 g/mol. The van der Waals surface area contributed by atoms with E-state index < -0.39 is 0 Å². The molecule has 2 atom stereocenters. The summed E-state index contributed by atoms with van der Waals surface area (Å²) in [6, 6.07) is 6.10. The van der Waals surface area contributed by atoms with Gasteiger partial charge >= 0.3 is 0 Å². The van der Waals surface area contributed by atoms with E-state index >= 15 is 0 Å². The predicted octanol–water partition coefficient (Wildman–Crippen LogP) is 3.14. The monoisotopic (exact) mass is 293 g/mol. The molecule has 0 bridgehead atoms. The van der Waals surface area contributed by atoms with Gasteiger partial charge in [0.05, 0.1) is 19.3 Å². The van der Waals surface area contributed by atoms with Crippen LogP contribution in [0.25, 0.3) is 0 Å². The number of benzene rings is 1. The summed E-state index contributed by atoms with van der Waals surface area (Å²) in [5.74, 6) is 1.57. The summed E-state index contributed by atoms with van der Waals surface area (Å²) in [7, 11) is 1.67. The van der Waals surface area contributed by atoms with Gasteiger partial charge in [-0.05, 0) is 51.8 Å². The Kier molecular flexibility index (Phi) is 5.12. The maximum atomic E-state index is 5.74. The highest BCUT2D eigenvalue weighted by atomic mass is 16.5. The van der Waals surface area contributed by atoms with Crippen LogP contribution in [0.5, 0.6) is 11.5 Å². The Balaban J connectivity index is 2.04. The van der Waals surface area contributed by atoms with Gasteiger partial charge in [-0.1, -0.05) is 6.07 Å². The lowest BCUT2D eigenvalue weighted by atomic mass is 9.94. The first-order chi connectivity index (χ1) is 9.94. The topological polar surface area (TPSA) is 39.7 Å². The molecule has 2 unspecified atom stereocenters. The number of hydrogen-bond acceptors (Lipinski definition) is 4. The quantitative estimate of drug-likeness (QED) is 0.874. The summed E-state index contributed by atoms with van der Waals surface area (Å²) in [6.45, 7) is 9.99. The highest BCUT2D eigenvalue weighted by Crippen LogP contribution is 2.30. The highest BCUT2D eigenvalue weighted by molar-refractivity contribution is 5.43. The Morgan fingerprint density at radius 3 is 2.71 bits per heavy atom. The number of rotatable bonds is 6.